The summed E-state index contributed by atoms with van der Waals surface area (Å²) in [5.41, 5.74) is 2.67. The van der Waals surface area contributed by atoms with Gasteiger partial charge in [-0.1, -0.05) is 37.3 Å². The van der Waals surface area contributed by atoms with Crippen molar-refractivity contribution in [3.8, 4) is 0 Å². The van der Waals surface area contributed by atoms with Gasteiger partial charge in [-0.25, -0.2) is 17.6 Å². The zero-order chi connectivity index (χ0) is 27.5. The summed E-state index contributed by atoms with van der Waals surface area (Å²) >= 11 is 0. The maximum Gasteiger partial charge on any atom is 0.222 e. The SMILES string of the molecule is CCc1cccc(CNC[C@H](O)[C@H](Cc2cc(F)cc(F)c2)NC(=O)CCOCc2ccc(F)cc2F)c1. The molecule has 1 amide bonds. The summed E-state index contributed by atoms with van der Waals surface area (Å²) < 4.78 is 59.5. The van der Waals surface area contributed by atoms with Crippen LogP contribution in [0.2, 0.25) is 0 Å². The Morgan fingerprint density at radius 2 is 1.66 bits per heavy atom. The lowest BCUT2D eigenvalue weighted by atomic mass is 10.00. The summed E-state index contributed by atoms with van der Waals surface area (Å²) in [5.74, 6) is -3.41. The van der Waals surface area contributed by atoms with Crippen LogP contribution in [0.1, 0.15) is 35.6 Å². The molecule has 0 saturated heterocycles. The average Bonchev–Trinajstić information content (AvgIpc) is 2.86. The molecular weight excluding hydrogens is 500 g/mol. The minimum atomic E-state index is -1.06. The summed E-state index contributed by atoms with van der Waals surface area (Å²) in [6, 6.07) is 13.4. The fourth-order valence-corrected chi connectivity index (χ4v) is 4.00. The Labute approximate surface area is 219 Å². The zero-order valence-corrected chi connectivity index (χ0v) is 21.2. The van der Waals surface area contributed by atoms with E-state index in [0.717, 1.165) is 42.3 Å². The topological polar surface area (TPSA) is 70.6 Å². The van der Waals surface area contributed by atoms with Gasteiger partial charge in [0.05, 0.1) is 25.4 Å². The maximum atomic E-state index is 13.7. The molecule has 0 aliphatic carbocycles. The van der Waals surface area contributed by atoms with E-state index in [2.05, 4.69) is 23.6 Å². The lowest BCUT2D eigenvalue weighted by Crippen LogP contribution is -2.48. The monoisotopic (exact) mass is 532 g/mol. The van der Waals surface area contributed by atoms with E-state index >= 15 is 0 Å². The molecular formula is C29H32F4N2O3. The number of aliphatic hydroxyl groups excluding tert-OH is 1. The van der Waals surface area contributed by atoms with Crippen LogP contribution in [0.4, 0.5) is 17.6 Å². The van der Waals surface area contributed by atoms with Gasteiger partial charge in [-0.2, -0.15) is 0 Å². The summed E-state index contributed by atoms with van der Waals surface area (Å²) in [6.45, 7) is 2.49. The van der Waals surface area contributed by atoms with Gasteiger partial charge in [0.25, 0.3) is 0 Å². The van der Waals surface area contributed by atoms with Crippen molar-refractivity contribution >= 4 is 5.91 Å². The van der Waals surface area contributed by atoms with E-state index in [1.807, 2.05) is 18.2 Å². The summed E-state index contributed by atoms with van der Waals surface area (Å²) in [5, 5.41) is 16.7. The van der Waals surface area contributed by atoms with Gasteiger partial charge in [0.15, 0.2) is 0 Å². The molecule has 0 spiro atoms. The standard InChI is InChI=1S/C29H32F4N2O3/c1-2-19-4-3-5-20(10-19)16-34-17-28(36)27(13-21-11-24(31)14-25(32)12-21)35-29(37)8-9-38-18-22-6-7-23(30)15-26(22)33/h3-7,10-12,14-15,27-28,34,36H,2,8-9,13,16-18H2,1H3,(H,35,37)/t27-,28-/m0/s1. The number of halogens is 4. The Kier molecular flexibility index (Phi) is 11.3. The quantitative estimate of drug-likeness (QED) is 0.210. The Morgan fingerprint density at radius 3 is 2.37 bits per heavy atom. The van der Waals surface area contributed by atoms with E-state index in [-0.39, 0.29) is 43.7 Å². The highest BCUT2D eigenvalue weighted by Crippen LogP contribution is 2.13. The van der Waals surface area contributed by atoms with E-state index in [9.17, 15) is 27.5 Å². The molecule has 0 radical (unpaired) electrons. The van der Waals surface area contributed by atoms with Crippen LogP contribution in [-0.4, -0.2) is 36.3 Å². The fraction of sp³-hybridized carbons (Fsp3) is 0.345. The van der Waals surface area contributed by atoms with Gasteiger partial charge < -0.3 is 20.5 Å². The van der Waals surface area contributed by atoms with Crippen LogP contribution in [0, 0.1) is 23.3 Å². The lowest BCUT2D eigenvalue weighted by Gasteiger charge is -2.25. The molecule has 0 aromatic heterocycles. The molecule has 3 aromatic carbocycles. The first kappa shape index (κ1) is 29.3. The number of nitrogens with one attached hydrogen (secondary N) is 2. The molecule has 204 valence electrons. The third-order valence-corrected chi connectivity index (χ3v) is 6.02. The Balaban J connectivity index is 1.56. The molecule has 2 atom stereocenters. The number of hydrogen-bond donors (Lipinski definition) is 3. The van der Waals surface area contributed by atoms with Crippen molar-refractivity contribution in [1.82, 2.24) is 10.6 Å². The number of amides is 1. The second-order valence-corrected chi connectivity index (χ2v) is 9.07. The molecule has 0 heterocycles. The number of rotatable bonds is 14. The van der Waals surface area contributed by atoms with Crippen LogP contribution >= 0.6 is 0 Å². The number of aryl methyl sites for hydroxylation is 1. The fourth-order valence-electron chi connectivity index (χ4n) is 4.00. The second kappa shape index (κ2) is 14.6. The highest BCUT2D eigenvalue weighted by atomic mass is 19.1. The van der Waals surface area contributed by atoms with Crippen LogP contribution in [-0.2, 0) is 35.5 Å². The van der Waals surface area contributed by atoms with Crippen LogP contribution in [0.3, 0.4) is 0 Å². The summed E-state index contributed by atoms with van der Waals surface area (Å²) in [4.78, 5) is 12.6. The van der Waals surface area contributed by atoms with Gasteiger partial charge in [-0.05, 0) is 47.7 Å². The largest absolute Gasteiger partial charge is 0.390 e. The molecule has 3 rings (SSSR count). The first-order valence-electron chi connectivity index (χ1n) is 12.5. The Hall–Kier alpha value is -3.27. The number of carbonyl (C=O) groups excluding carboxylic acids is 1. The van der Waals surface area contributed by atoms with E-state index in [4.69, 9.17) is 4.74 Å². The molecule has 3 aromatic rings. The molecule has 0 saturated carbocycles. The smallest absolute Gasteiger partial charge is 0.222 e. The highest BCUT2D eigenvalue weighted by Gasteiger charge is 2.22. The van der Waals surface area contributed by atoms with Crippen molar-refractivity contribution in [2.75, 3.05) is 13.2 Å². The van der Waals surface area contributed by atoms with Gasteiger partial charge in [0.1, 0.15) is 23.3 Å². The van der Waals surface area contributed by atoms with Gasteiger partial charge in [-0.15, -0.1) is 0 Å². The summed E-state index contributed by atoms with van der Waals surface area (Å²) in [7, 11) is 0. The van der Waals surface area contributed by atoms with Gasteiger partial charge in [-0.3, -0.25) is 4.79 Å². The van der Waals surface area contributed by atoms with Crippen LogP contribution < -0.4 is 10.6 Å². The van der Waals surface area contributed by atoms with Crippen LogP contribution in [0.25, 0.3) is 0 Å². The van der Waals surface area contributed by atoms with E-state index in [1.165, 1.54) is 11.6 Å². The Morgan fingerprint density at radius 1 is 0.921 bits per heavy atom. The van der Waals surface area contributed by atoms with Crippen molar-refractivity contribution in [3.63, 3.8) is 0 Å². The lowest BCUT2D eigenvalue weighted by molar-refractivity contribution is -0.123. The first-order chi connectivity index (χ1) is 18.2. The molecule has 3 N–H and O–H groups in total. The van der Waals surface area contributed by atoms with E-state index < -0.39 is 41.3 Å². The molecule has 0 aliphatic heterocycles. The van der Waals surface area contributed by atoms with Gasteiger partial charge in [0, 0.05) is 37.2 Å². The number of hydrogen-bond acceptors (Lipinski definition) is 4. The van der Waals surface area contributed by atoms with Crippen LogP contribution in [0.5, 0.6) is 0 Å². The predicted molar refractivity (Wildman–Crippen MR) is 136 cm³/mol. The normalized spacial score (nSPS) is 12.8. The van der Waals surface area contributed by atoms with E-state index in [1.54, 1.807) is 0 Å². The van der Waals surface area contributed by atoms with Gasteiger partial charge >= 0.3 is 0 Å². The zero-order valence-electron chi connectivity index (χ0n) is 21.2. The molecule has 9 heteroatoms. The minimum absolute atomic E-state index is 0.00374. The third-order valence-electron chi connectivity index (χ3n) is 6.02. The third kappa shape index (κ3) is 9.55. The van der Waals surface area contributed by atoms with Crippen molar-refractivity contribution < 1.29 is 32.2 Å². The molecule has 0 fully saturated rings. The molecule has 38 heavy (non-hydrogen) atoms. The molecule has 0 unspecified atom stereocenters. The predicted octanol–water partition coefficient (Wildman–Crippen LogP) is 4.59. The number of aliphatic hydroxyl groups is 1. The van der Waals surface area contributed by atoms with Gasteiger partial charge in [0.2, 0.25) is 5.91 Å². The maximum absolute atomic E-state index is 13.7. The second-order valence-electron chi connectivity index (χ2n) is 9.07. The van der Waals surface area contributed by atoms with Crippen LogP contribution in [0.15, 0.2) is 60.7 Å². The van der Waals surface area contributed by atoms with Crippen molar-refractivity contribution in [2.45, 2.75) is 51.5 Å². The molecule has 0 bridgehead atoms. The average molecular weight is 533 g/mol. The highest BCUT2D eigenvalue weighted by molar-refractivity contribution is 5.76. The molecule has 5 nitrogen and oxygen atoms in total. The number of ether oxygens (including phenoxy) is 1. The van der Waals surface area contributed by atoms with Crippen molar-refractivity contribution in [2.24, 2.45) is 0 Å². The van der Waals surface area contributed by atoms with Crippen molar-refractivity contribution in [1.29, 1.82) is 0 Å². The number of carbonyl (C=O) groups is 1. The molecule has 0 aliphatic rings. The van der Waals surface area contributed by atoms with E-state index in [0.29, 0.717) is 6.54 Å². The Bertz CT molecular complexity index is 1190. The van der Waals surface area contributed by atoms with Crippen molar-refractivity contribution in [3.05, 3.63) is 106 Å². The minimum Gasteiger partial charge on any atom is -0.390 e. The number of benzene rings is 3. The first-order valence-corrected chi connectivity index (χ1v) is 12.5. The summed E-state index contributed by atoms with van der Waals surface area (Å²) in [6.07, 6.45) is -0.261.